The Morgan fingerprint density at radius 2 is 2.22 bits per heavy atom. The Morgan fingerprint density at radius 1 is 1.39 bits per heavy atom. The zero-order chi connectivity index (χ0) is 13.0. The summed E-state index contributed by atoms with van der Waals surface area (Å²) < 4.78 is 15.2. The van der Waals surface area contributed by atoms with E-state index in [1.165, 1.54) is 12.1 Å². The summed E-state index contributed by atoms with van der Waals surface area (Å²) in [4.78, 5) is 0. The Balaban J connectivity index is 1.98. The summed E-state index contributed by atoms with van der Waals surface area (Å²) in [6.07, 6.45) is 1.72. The van der Waals surface area contributed by atoms with E-state index in [9.17, 15) is 4.39 Å². The van der Waals surface area contributed by atoms with Gasteiger partial charge in [0.1, 0.15) is 5.82 Å². The standard InChI is InChI=1S/C13H13FN4/c1-18-12(4-5-17-18)9-16-8-11-6-10(7-15)2-3-13(11)14/h2-6,16H,8-9H2,1H3. The summed E-state index contributed by atoms with van der Waals surface area (Å²) >= 11 is 0. The van der Waals surface area contributed by atoms with Crippen molar-refractivity contribution in [3.8, 4) is 6.07 Å². The molecule has 0 radical (unpaired) electrons. The highest BCUT2D eigenvalue weighted by molar-refractivity contribution is 5.33. The molecule has 1 heterocycles. The molecule has 4 nitrogen and oxygen atoms in total. The van der Waals surface area contributed by atoms with Gasteiger partial charge in [-0.1, -0.05) is 0 Å². The number of benzene rings is 1. The first-order chi connectivity index (χ1) is 8.70. The van der Waals surface area contributed by atoms with Crippen molar-refractivity contribution in [1.82, 2.24) is 15.1 Å². The van der Waals surface area contributed by atoms with Crippen molar-refractivity contribution in [3.63, 3.8) is 0 Å². The van der Waals surface area contributed by atoms with E-state index in [1.807, 2.05) is 19.2 Å². The quantitative estimate of drug-likeness (QED) is 0.891. The average molecular weight is 244 g/mol. The van der Waals surface area contributed by atoms with E-state index in [4.69, 9.17) is 5.26 Å². The lowest BCUT2D eigenvalue weighted by atomic mass is 10.1. The molecule has 0 spiro atoms. The van der Waals surface area contributed by atoms with Crippen LogP contribution in [0.2, 0.25) is 0 Å². The SMILES string of the molecule is Cn1nccc1CNCc1cc(C#N)ccc1F. The molecule has 0 bridgehead atoms. The molecule has 2 aromatic rings. The van der Waals surface area contributed by atoms with Gasteiger partial charge in [-0.2, -0.15) is 10.4 Å². The van der Waals surface area contributed by atoms with Gasteiger partial charge in [-0.25, -0.2) is 4.39 Å². The number of nitrogens with one attached hydrogen (secondary N) is 1. The van der Waals surface area contributed by atoms with Gasteiger partial charge in [0.15, 0.2) is 0 Å². The topological polar surface area (TPSA) is 53.6 Å². The van der Waals surface area contributed by atoms with Crippen molar-refractivity contribution in [2.75, 3.05) is 0 Å². The van der Waals surface area contributed by atoms with Crippen LogP contribution in [-0.4, -0.2) is 9.78 Å². The van der Waals surface area contributed by atoms with Crippen molar-refractivity contribution in [1.29, 1.82) is 5.26 Å². The molecule has 0 fully saturated rings. The van der Waals surface area contributed by atoms with Crippen LogP contribution in [0.3, 0.4) is 0 Å². The van der Waals surface area contributed by atoms with Gasteiger partial charge in [0.05, 0.1) is 17.3 Å². The first-order valence-electron chi connectivity index (χ1n) is 5.57. The van der Waals surface area contributed by atoms with Gasteiger partial charge in [-0.3, -0.25) is 4.68 Å². The van der Waals surface area contributed by atoms with Crippen LogP contribution >= 0.6 is 0 Å². The molecule has 5 heteroatoms. The molecule has 0 aliphatic heterocycles. The second-order valence-electron chi connectivity index (χ2n) is 3.97. The van der Waals surface area contributed by atoms with E-state index >= 15 is 0 Å². The van der Waals surface area contributed by atoms with Gasteiger partial charge >= 0.3 is 0 Å². The summed E-state index contributed by atoms with van der Waals surface area (Å²) in [6.45, 7) is 0.985. The summed E-state index contributed by atoms with van der Waals surface area (Å²) in [5, 5.41) is 15.9. The molecule has 2 rings (SSSR count). The number of aryl methyl sites for hydroxylation is 1. The Bertz CT molecular complexity index is 583. The van der Waals surface area contributed by atoms with Crippen LogP contribution in [0, 0.1) is 17.1 Å². The monoisotopic (exact) mass is 244 g/mol. The first kappa shape index (κ1) is 12.3. The predicted molar refractivity (Wildman–Crippen MR) is 64.9 cm³/mol. The first-order valence-corrected chi connectivity index (χ1v) is 5.57. The molecule has 18 heavy (non-hydrogen) atoms. The maximum Gasteiger partial charge on any atom is 0.127 e. The largest absolute Gasteiger partial charge is 0.307 e. The normalized spacial score (nSPS) is 10.3. The Labute approximate surface area is 105 Å². The number of nitriles is 1. The zero-order valence-corrected chi connectivity index (χ0v) is 10.0. The van der Waals surface area contributed by atoms with Gasteiger partial charge < -0.3 is 5.32 Å². The number of aromatic nitrogens is 2. The van der Waals surface area contributed by atoms with E-state index < -0.39 is 0 Å². The van der Waals surface area contributed by atoms with Crippen molar-refractivity contribution in [2.24, 2.45) is 7.05 Å². The van der Waals surface area contributed by atoms with Crippen LogP contribution < -0.4 is 5.32 Å². The molecular formula is C13H13FN4. The summed E-state index contributed by atoms with van der Waals surface area (Å²) in [5.74, 6) is -0.300. The van der Waals surface area contributed by atoms with Gasteiger partial charge in [0.2, 0.25) is 0 Å². The smallest absolute Gasteiger partial charge is 0.127 e. The third-order valence-corrected chi connectivity index (χ3v) is 2.72. The van der Waals surface area contributed by atoms with E-state index in [0.717, 1.165) is 5.69 Å². The minimum absolute atomic E-state index is 0.300. The van der Waals surface area contributed by atoms with E-state index in [2.05, 4.69) is 10.4 Å². The summed E-state index contributed by atoms with van der Waals surface area (Å²) in [7, 11) is 1.86. The van der Waals surface area contributed by atoms with Crippen LogP contribution in [0.25, 0.3) is 0 Å². The number of hydrogen-bond acceptors (Lipinski definition) is 3. The zero-order valence-electron chi connectivity index (χ0n) is 10.0. The third-order valence-electron chi connectivity index (χ3n) is 2.72. The fourth-order valence-corrected chi connectivity index (χ4v) is 1.68. The van der Waals surface area contributed by atoms with Crippen LogP contribution in [0.4, 0.5) is 4.39 Å². The molecule has 1 N–H and O–H groups in total. The highest BCUT2D eigenvalue weighted by Crippen LogP contribution is 2.10. The van der Waals surface area contributed by atoms with E-state index in [1.54, 1.807) is 16.9 Å². The number of nitrogens with zero attached hydrogens (tertiary/aromatic N) is 3. The third kappa shape index (κ3) is 2.73. The molecule has 1 aromatic heterocycles. The maximum atomic E-state index is 13.5. The van der Waals surface area contributed by atoms with Gasteiger partial charge in [-0.05, 0) is 24.3 Å². The van der Waals surface area contributed by atoms with Crippen molar-refractivity contribution < 1.29 is 4.39 Å². The summed E-state index contributed by atoms with van der Waals surface area (Å²) in [5.41, 5.74) is 1.98. The fraction of sp³-hybridized carbons (Fsp3) is 0.231. The minimum Gasteiger partial charge on any atom is -0.307 e. The molecule has 0 saturated carbocycles. The highest BCUT2D eigenvalue weighted by atomic mass is 19.1. The molecule has 0 atom stereocenters. The fourth-order valence-electron chi connectivity index (χ4n) is 1.68. The van der Waals surface area contributed by atoms with Crippen molar-refractivity contribution >= 4 is 0 Å². The van der Waals surface area contributed by atoms with E-state index in [-0.39, 0.29) is 5.82 Å². The van der Waals surface area contributed by atoms with Crippen LogP contribution in [0.1, 0.15) is 16.8 Å². The molecule has 92 valence electrons. The molecule has 0 aliphatic carbocycles. The van der Waals surface area contributed by atoms with Crippen LogP contribution in [0.5, 0.6) is 0 Å². The second kappa shape index (κ2) is 5.43. The minimum atomic E-state index is -0.300. The predicted octanol–water partition coefficient (Wildman–Crippen LogP) is 1.72. The molecule has 0 aliphatic rings. The van der Waals surface area contributed by atoms with Gasteiger partial charge in [-0.15, -0.1) is 0 Å². The lowest BCUT2D eigenvalue weighted by molar-refractivity contribution is 0.576. The molecule has 1 aromatic carbocycles. The molecule has 0 unspecified atom stereocenters. The van der Waals surface area contributed by atoms with Crippen molar-refractivity contribution in [3.05, 3.63) is 53.1 Å². The highest BCUT2D eigenvalue weighted by Gasteiger charge is 2.04. The summed E-state index contributed by atoms with van der Waals surface area (Å²) in [6, 6.07) is 8.25. The Kier molecular flexibility index (Phi) is 3.70. The van der Waals surface area contributed by atoms with E-state index in [0.29, 0.717) is 24.2 Å². The van der Waals surface area contributed by atoms with Crippen molar-refractivity contribution in [2.45, 2.75) is 13.1 Å². The lowest BCUT2D eigenvalue weighted by Crippen LogP contribution is -2.16. The average Bonchev–Trinajstić information content (AvgIpc) is 2.77. The Hall–Kier alpha value is -2.19. The number of hydrogen-bond donors (Lipinski definition) is 1. The van der Waals surface area contributed by atoms with Gasteiger partial charge in [0.25, 0.3) is 0 Å². The lowest BCUT2D eigenvalue weighted by Gasteiger charge is -2.06. The molecule has 0 saturated heterocycles. The molecular weight excluding hydrogens is 231 g/mol. The second-order valence-corrected chi connectivity index (χ2v) is 3.97. The number of rotatable bonds is 4. The Morgan fingerprint density at radius 3 is 2.89 bits per heavy atom. The maximum absolute atomic E-state index is 13.5. The molecule has 0 amide bonds. The van der Waals surface area contributed by atoms with Crippen LogP contribution in [0.15, 0.2) is 30.5 Å². The van der Waals surface area contributed by atoms with Crippen LogP contribution in [-0.2, 0) is 20.1 Å². The van der Waals surface area contributed by atoms with Gasteiger partial charge in [0, 0.05) is 31.9 Å². The number of halogens is 1.